The molecule has 44 heavy (non-hydrogen) atoms. The predicted molar refractivity (Wildman–Crippen MR) is 176 cm³/mol. The molecule has 4 aliphatic carbocycles. The summed E-state index contributed by atoms with van der Waals surface area (Å²) in [5.41, 5.74) is 3.23. The summed E-state index contributed by atoms with van der Waals surface area (Å²) in [4.78, 5) is -0.642. The fourth-order valence-corrected chi connectivity index (χ4v) is 11.7. The second-order valence-corrected chi connectivity index (χ2v) is 19.0. The summed E-state index contributed by atoms with van der Waals surface area (Å²) in [7, 11) is -9.16. The highest BCUT2D eigenvalue weighted by Gasteiger charge is 2.57. The molecule has 1 aromatic carbocycles. The minimum absolute atomic E-state index is 0.0767. The molecule has 0 spiro atoms. The fraction of sp³-hybridized carbons (Fsp3) is 0.722. The van der Waals surface area contributed by atoms with Gasteiger partial charge in [0.25, 0.3) is 20.2 Å². The van der Waals surface area contributed by atoms with Crippen LogP contribution in [0.3, 0.4) is 0 Å². The van der Waals surface area contributed by atoms with Gasteiger partial charge in [0.1, 0.15) is 0 Å². The third-order valence-electron chi connectivity index (χ3n) is 13.6. The zero-order valence-electron chi connectivity index (χ0n) is 27.7. The molecular weight excluding hydrogens is 593 g/mol. The summed E-state index contributed by atoms with van der Waals surface area (Å²) in [6.45, 7) is 19.0. The van der Waals surface area contributed by atoms with Gasteiger partial charge in [0.05, 0.1) is 9.79 Å². The lowest BCUT2D eigenvalue weighted by Crippen LogP contribution is -2.53. The number of fused-ring (bicyclic) bond motifs is 2. The van der Waals surface area contributed by atoms with E-state index in [0.29, 0.717) is 18.3 Å². The lowest BCUT2D eigenvalue weighted by atomic mass is 9.43. The van der Waals surface area contributed by atoms with Crippen molar-refractivity contribution in [2.24, 2.45) is 45.3 Å². The zero-order valence-corrected chi connectivity index (χ0v) is 29.3. The summed E-state index contributed by atoms with van der Waals surface area (Å²) in [6.07, 6.45) is 15.0. The quantitative estimate of drug-likeness (QED) is 0.226. The highest BCUT2D eigenvalue weighted by molar-refractivity contribution is 7.86. The summed E-state index contributed by atoms with van der Waals surface area (Å²) in [5, 5.41) is 0. The summed E-state index contributed by atoms with van der Waals surface area (Å²) < 4.78 is 69.0. The molecule has 0 aromatic heterocycles. The molecule has 0 bridgehead atoms. The van der Waals surface area contributed by atoms with Crippen molar-refractivity contribution in [1.82, 2.24) is 0 Å². The summed E-state index contributed by atoms with van der Waals surface area (Å²) in [6, 6.07) is 3.40. The molecule has 6 nitrogen and oxygen atoms in total. The van der Waals surface area contributed by atoms with Crippen LogP contribution in [0.25, 0.3) is 0 Å². The first-order valence-corrected chi connectivity index (χ1v) is 19.6. The zero-order chi connectivity index (χ0) is 32.5. The van der Waals surface area contributed by atoms with Gasteiger partial charge in [0.2, 0.25) is 0 Å². The monoisotopic (exact) mass is 646 g/mol. The average Bonchev–Trinajstić information content (AvgIpc) is 2.92. The van der Waals surface area contributed by atoms with Crippen LogP contribution in [-0.4, -0.2) is 25.9 Å². The van der Waals surface area contributed by atoms with Crippen LogP contribution in [0.5, 0.6) is 0 Å². The van der Waals surface area contributed by atoms with Crippen LogP contribution in [0, 0.1) is 45.3 Å². The van der Waals surface area contributed by atoms with Crippen molar-refractivity contribution in [3.63, 3.8) is 0 Å². The van der Waals surface area contributed by atoms with Gasteiger partial charge >= 0.3 is 0 Å². The normalized spacial score (nSPS) is 37.5. The van der Waals surface area contributed by atoms with Crippen molar-refractivity contribution in [3.8, 4) is 0 Å². The molecule has 7 atom stereocenters. The van der Waals surface area contributed by atoms with Crippen LogP contribution in [0.4, 0.5) is 0 Å². The van der Waals surface area contributed by atoms with Crippen LogP contribution in [0.1, 0.15) is 118 Å². The minimum Gasteiger partial charge on any atom is -0.282 e. The van der Waals surface area contributed by atoms with E-state index in [1.165, 1.54) is 30.9 Å². The molecule has 246 valence electrons. The molecule has 3 saturated carbocycles. The largest absolute Gasteiger partial charge is 0.294 e. The first-order chi connectivity index (χ1) is 20.3. The standard InChI is InChI=1S/C36H54O6S2/c1-24-13-15-29-30(11-9-18-33(29,4)5)34(24,6)20-21-36-19-17-25(2)35(7,32(36)12-8-10-26(36)3)23-27-22-28(43(37,38)39)14-16-31(27)44(40,41)42/h14-16,22,24-25,30,32H,3,8-13,17-21,23H2,1-2,4-7H3,(H,37,38,39)(H,40,41,42)/t24-,25+,30+,32-,34+,35+,36-/m0/s1. The lowest BCUT2D eigenvalue weighted by Gasteiger charge is -2.61. The van der Waals surface area contributed by atoms with Gasteiger partial charge in [-0.3, -0.25) is 9.11 Å². The Hall–Kier alpha value is -1.48. The number of benzene rings is 1. The molecular formula is C36H54O6S2. The van der Waals surface area contributed by atoms with Crippen molar-refractivity contribution in [2.75, 3.05) is 0 Å². The Morgan fingerprint density at radius 2 is 1.57 bits per heavy atom. The Morgan fingerprint density at radius 1 is 0.864 bits per heavy atom. The molecule has 0 amide bonds. The van der Waals surface area contributed by atoms with Crippen molar-refractivity contribution in [1.29, 1.82) is 0 Å². The predicted octanol–water partition coefficient (Wildman–Crippen LogP) is 9.08. The van der Waals surface area contributed by atoms with Gasteiger partial charge in [-0.25, -0.2) is 0 Å². The van der Waals surface area contributed by atoms with Crippen molar-refractivity contribution < 1.29 is 25.9 Å². The van der Waals surface area contributed by atoms with Gasteiger partial charge in [0.15, 0.2) is 0 Å². The van der Waals surface area contributed by atoms with E-state index in [9.17, 15) is 25.9 Å². The number of hydrogen-bond acceptors (Lipinski definition) is 4. The van der Waals surface area contributed by atoms with E-state index in [4.69, 9.17) is 6.58 Å². The number of hydrogen-bond donors (Lipinski definition) is 2. The van der Waals surface area contributed by atoms with Gasteiger partial charge in [-0.1, -0.05) is 71.8 Å². The molecule has 0 saturated heterocycles. The Bertz CT molecular complexity index is 1560. The maximum atomic E-state index is 12.5. The SMILES string of the molecule is C=C1CCC[C@@H]2[C@]1(CC[C@@]1(C)[C@@H]3CCCC(C)(C)C3=CC[C@@H]1C)CC[C@@H](C)[C@@]2(C)Cc1cc(S(=O)(=O)O)ccc1S(=O)(=O)O. The second-order valence-electron chi connectivity index (χ2n) is 16.2. The summed E-state index contributed by atoms with van der Waals surface area (Å²) >= 11 is 0. The number of allylic oxidation sites excluding steroid dienone is 3. The molecule has 0 aliphatic heterocycles. The van der Waals surface area contributed by atoms with Gasteiger partial charge in [0, 0.05) is 0 Å². The topological polar surface area (TPSA) is 109 Å². The van der Waals surface area contributed by atoms with Gasteiger partial charge in [-0.15, -0.1) is 0 Å². The molecule has 0 heterocycles. The van der Waals surface area contributed by atoms with Gasteiger partial charge in [-0.05, 0) is 140 Å². The fourth-order valence-electron chi connectivity index (χ4n) is 10.5. The minimum atomic E-state index is -4.61. The van der Waals surface area contributed by atoms with E-state index in [-0.39, 0.29) is 48.9 Å². The molecule has 0 radical (unpaired) electrons. The van der Waals surface area contributed by atoms with Crippen LogP contribution >= 0.6 is 0 Å². The van der Waals surface area contributed by atoms with E-state index in [0.717, 1.165) is 63.5 Å². The first-order valence-electron chi connectivity index (χ1n) is 16.7. The van der Waals surface area contributed by atoms with Crippen LogP contribution in [-0.2, 0) is 26.7 Å². The lowest BCUT2D eigenvalue weighted by molar-refractivity contribution is -0.0733. The molecule has 3 fully saturated rings. The Labute approximate surface area is 266 Å². The maximum Gasteiger partial charge on any atom is 0.294 e. The Balaban J connectivity index is 1.54. The third kappa shape index (κ3) is 5.68. The van der Waals surface area contributed by atoms with Crippen molar-refractivity contribution in [3.05, 3.63) is 47.6 Å². The highest BCUT2D eigenvalue weighted by Crippen LogP contribution is 2.66. The number of rotatable bonds is 7. The van der Waals surface area contributed by atoms with Crippen LogP contribution in [0.2, 0.25) is 0 Å². The van der Waals surface area contributed by atoms with E-state index in [2.05, 4.69) is 47.6 Å². The second kappa shape index (κ2) is 11.3. The highest BCUT2D eigenvalue weighted by atomic mass is 32.2. The molecule has 4 aliphatic rings. The van der Waals surface area contributed by atoms with Crippen LogP contribution in [0.15, 0.2) is 51.8 Å². The first kappa shape index (κ1) is 33.9. The van der Waals surface area contributed by atoms with Crippen molar-refractivity contribution >= 4 is 20.2 Å². The van der Waals surface area contributed by atoms with Crippen LogP contribution < -0.4 is 0 Å². The third-order valence-corrected chi connectivity index (χ3v) is 15.4. The van der Waals surface area contributed by atoms with E-state index < -0.39 is 20.2 Å². The molecule has 8 heteroatoms. The van der Waals surface area contributed by atoms with E-state index >= 15 is 0 Å². The molecule has 5 rings (SSSR count). The Kier molecular flexibility index (Phi) is 8.73. The molecule has 2 N–H and O–H groups in total. The smallest absolute Gasteiger partial charge is 0.282 e. The van der Waals surface area contributed by atoms with Gasteiger partial charge in [-0.2, -0.15) is 16.8 Å². The molecule has 0 unspecified atom stereocenters. The van der Waals surface area contributed by atoms with Crippen molar-refractivity contribution in [2.45, 2.75) is 128 Å². The molecule has 1 aromatic rings. The van der Waals surface area contributed by atoms with E-state index in [1.54, 1.807) is 5.57 Å². The van der Waals surface area contributed by atoms with Gasteiger partial charge < -0.3 is 0 Å². The summed E-state index contributed by atoms with van der Waals surface area (Å²) in [5.74, 6) is 1.67. The Morgan fingerprint density at radius 3 is 2.23 bits per heavy atom. The maximum absolute atomic E-state index is 12.5. The van der Waals surface area contributed by atoms with E-state index in [1.807, 2.05) is 0 Å². The average molecular weight is 647 g/mol.